The predicted octanol–water partition coefficient (Wildman–Crippen LogP) is 4.76. The highest BCUT2D eigenvalue weighted by Crippen LogP contribution is 2.67. The van der Waals surface area contributed by atoms with Gasteiger partial charge in [0, 0.05) is 30.6 Å². The topological polar surface area (TPSA) is 63.6 Å². The minimum Gasteiger partial charge on any atom is -0.365 e. The van der Waals surface area contributed by atoms with Crippen molar-refractivity contribution in [3.05, 3.63) is 23.8 Å². The maximum absolute atomic E-state index is 12.6. The third-order valence-electron chi connectivity index (χ3n) is 9.93. The van der Waals surface area contributed by atoms with Crippen molar-refractivity contribution in [2.45, 2.75) is 90.4 Å². The van der Waals surface area contributed by atoms with Gasteiger partial charge in [0.25, 0.3) is 0 Å². The van der Waals surface area contributed by atoms with E-state index >= 15 is 0 Å². The summed E-state index contributed by atoms with van der Waals surface area (Å²) in [5, 5.41) is 11.0. The Hall–Kier alpha value is -1.26. The summed E-state index contributed by atoms with van der Waals surface area (Å²) in [5.41, 5.74) is 1.16. The van der Waals surface area contributed by atoms with Crippen LogP contribution in [-0.4, -0.2) is 28.6 Å². The Morgan fingerprint density at radius 2 is 1.83 bits per heavy atom. The molecule has 0 heterocycles. The van der Waals surface area contributed by atoms with E-state index in [4.69, 9.17) is 4.74 Å². The van der Waals surface area contributed by atoms with Crippen molar-refractivity contribution < 1.29 is 19.4 Å². The van der Waals surface area contributed by atoms with Crippen LogP contribution in [0.2, 0.25) is 0 Å². The molecule has 0 aromatic heterocycles. The number of aliphatic hydroxyl groups is 1. The van der Waals surface area contributed by atoms with Crippen molar-refractivity contribution in [3.63, 3.8) is 0 Å². The van der Waals surface area contributed by atoms with Gasteiger partial charge < -0.3 is 9.84 Å². The molecular formula is C26H36O4. The second kappa shape index (κ2) is 6.87. The molecule has 1 unspecified atom stereocenters. The first-order valence-electron chi connectivity index (χ1n) is 12.0. The van der Waals surface area contributed by atoms with Crippen molar-refractivity contribution in [2.24, 2.45) is 34.5 Å². The van der Waals surface area contributed by atoms with E-state index in [0.29, 0.717) is 42.8 Å². The molecule has 3 fully saturated rings. The molecule has 164 valence electrons. The van der Waals surface area contributed by atoms with Gasteiger partial charge in [0.05, 0.1) is 6.10 Å². The number of fused-ring (bicyclic) bond motifs is 5. The second-order valence-electron chi connectivity index (χ2n) is 11.3. The van der Waals surface area contributed by atoms with Crippen LogP contribution in [0.5, 0.6) is 0 Å². The van der Waals surface area contributed by atoms with E-state index < -0.39 is 5.79 Å². The van der Waals surface area contributed by atoms with E-state index in [-0.39, 0.29) is 28.6 Å². The summed E-state index contributed by atoms with van der Waals surface area (Å²) in [5.74, 6) is 1.15. The first kappa shape index (κ1) is 20.6. The summed E-state index contributed by atoms with van der Waals surface area (Å²) in [4.78, 5) is 24.9. The fourth-order valence-electron chi connectivity index (χ4n) is 8.40. The predicted molar refractivity (Wildman–Crippen MR) is 114 cm³/mol. The summed E-state index contributed by atoms with van der Waals surface area (Å²) in [7, 11) is 0. The van der Waals surface area contributed by atoms with Crippen LogP contribution in [0.4, 0.5) is 0 Å². The average molecular weight is 413 g/mol. The van der Waals surface area contributed by atoms with Gasteiger partial charge in [-0.25, -0.2) is 0 Å². The molecule has 5 rings (SSSR count). The fourth-order valence-corrected chi connectivity index (χ4v) is 8.40. The van der Waals surface area contributed by atoms with Gasteiger partial charge in [-0.05, 0) is 74.7 Å². The number of ketones is 2. The summed E-state index contributed by atoms with van der Waals surface area (Å²) in [6, 6.07) is 0. The van der Waals surface area contributed by atoms with Gasteiger partial charge in [0.1, 0.15) is 5.78 Å². The third-order valence-corrected chi connectivity index (χ3v) is 9.93. The van der Waals surface area contributed by atoms with Crippen LogP contribution in [0, 0.1) is 34.5 Å². The molecule has 1 N–H and O–H groups in total. The Labute approximate surface area is 180 Å². The summed E-state index contributed by atoms with van der Waals surface area (Å²) in [6.45, 7) is 6.45. The number of carbonyl (C=O) groups is 2. The molecule has 5 aliphatic rings. The van der Waals surface area contributed by atoms with E-state index in [1.807, 2.05) is 18.2 Å². The number of carbonyl (C=O) groups excluding carboxylic acids is 2. The Kier molecular flexibility index (Phi) is 4.72. The zero-order valence-corrected chi connectivity index (χ0v) is 18.7. The number of hydrogen-bond acceptors (Lipinski definition) is 4. The van der Waals surface area contributed by atoms with Crippen molar-refractivity contribution in [2.75, 3.05) is 0 Å². The van der Waals surface area contributed by atoms with Gasteiger partial charge in [0.2, 0.25) is 0 Å². The van der Waals surface area contributed by atoms with E-state index in [1.54, 1.807) is 6.92 Å². The van der Waals surface area contributed by atoms with Crippen LogP contribution < -0.4 is 0 Å². The number of hydrogen-bond donors (Lipinski definition) is 1. The highest BCUT2D eigenvalue weighted by atomic mass is 16.6. The molecule has 30 heavy (non-hydrogen) atoms. The lowest BCUT2D eigenvalue weighted by atomic mass is 9.46. The van der Waals surface area contributed by atoms with Crippen molar-refractivity contribution in [1.82, 2.24) is 0 Å². The fraction of sp³-hybridized carbons (Fsp3) is 0.769. The maximum Gasteiger partial charge on any atom is 0.172 e. The molecule has 4 heteroatoms. The quantitative estimate of drug-likeness (QED) is 0.536. The van der Waals surface area contributed by atoms with Crippen LogP contribution in [-0.2, 0) is 14.3 Å². The van der Waals surface area contributed by atoms with Crippen molar-refractivity contribution >= 4 is 11.6 Å². The van der Waals surface area contributed by atoms with Crippen molar-refractivity contribution in [1.29, 1.82) is 0 Å². The van der Waals surface area contributed by atoms with E-state index in [1.165, 1.54) is 5.57 Å². The van der Waals surface area contributed by atoms with Crippen LogP contribution in [0.15, 0.2) is 23.8 Å². The van der Waals surface area contributed by atoms with Gasteiger partial charge in [-0.15, -0.1) is 0 Å². The largest absolute Gasteiger partial charge is 0.365 e. The van der Waals surface area contributed by atoms with E-state index in [0.717, 1.165) is 38.5 Å². The number of Topliss-reactive ketones (excluding diaryl/α,β-unsaturated/α-hetero) is 1. The molecular weight excluding hydrogens is 376 g/mol. The zero-order chi connectivity index (χ0) is 21.3. The molecule has 0 aromatic carbocycles. The molecule has 7 atom stereocenters. The Balaban J connectivity index is 1.48. The minimum absolute atomic E-state index is 0.124. The van der Waals surface area contributed by atoms with Gasteiger partial charge in [0.15, 0.2) is 11.6 Å². The molecule has 5 aliphatic carbocycles. The normalized spacial score (nSPS) is 46.7. The Bertz CT molecular complexity index is 817. The highest BCUT2D eigenvalue weighted by Gasteiger charge is 2.62. The van der Waals surface area contributed by atoms with Gasteiger partial charge in [-0.3, -0.25) is 9.59 Å². The van der Waals surface area contributed by atoms with Gasteiger partial charge in [-0.2, -0.15) is 0 Å². The van der Waals surface area contributed by atoms with Gasteiger partial charge in [-0.1, -0.05) is 31.6 Å². The molecule has 0 spiro atoms. The molecule has 4 nitrogen and oxygen atoms in total. The molecule has 0 radical (unpaired) electrons. The number of ether oxygens (including phenoxy) is 1. The molecule has 0 saturated heterocycles. The lowest BCUT2D eigenvalue weighted by Gasteiger charge is -2.60. The van der Waals surface area contributed by atoms with E-state index in [9.17, 15) is 14.7 Å². The maximum atomic E-state index is 12.6. The van der Waals surface area contributed by atoms with Crippen molar-refractivity contribution in [3.8, 4) is 0 Å². The average Bonchev–Trinajstić information content (AvgIpc) is 3.26. The van der Waals surface area contributed by atoms with Crippen LogP contribution >= 0.6 is 0 Å². The Morgan fingerprint density at radius 1 is 1.10 bits per heavy atom. The monoisotopic (exact) mass is 412 g/mol. The first-order valence-corrected chi connectivity index (χ1v) is 12.0. The lowest BCUT2D eigenvalue weighted by Crippen LogP contribution is -2.57. The molecule has 0 aromatic rings. The first-order chi connectivity index (χ1) is 14.2. The summed E-state index contributed by atoms with van der Waals surface area (Å²) >= 11 is 0. The zero-order valence-electron chi connectivity index (χ0n) is 18.7. The van der Waals surface area contributed by atoms with Gasteiger partial charge >= 0.3 is 0 Å². The highest BCUT2D eigenvalue weighted by molar-refractivity contribution is 5.92. The molecule has 0 amide bonds. The molecule has 3 saturated carbocycles. The molecule has 0 bridgehead atoms. The summed E-state index contributed by atoms with van der Waals surface area (Å²) < 4.78 is 6.40. The van der Waals surface area contributed by atoms with E-state index in [2.05, 4.69) is 13.8 Å². The third kappa shape index (κ3) is 2.86. The Morgan fingerprint density at radius 3 is 2.53 bits per heavy atom. The lowest BCUT2D eigenvalue weighted by molar-refractivity contribution is -0.253. The summed E-state index contributed by atoms with van der Waals surface area (Å²) in [6.07, 6.45) is 13.3. The minimum atomic E-state index is -1.17. The smallest absolute Gasteiger partial charge is 0.172 e. The standard InChI is InChI=1S/C26H36O4/c1-16(27)20-8-9-21-19-7-6-17-14-18(28)15-23(30-26(29)11-4-5-12-26)25(17,3)22(19)10-13-24(20,21)2/h4-5,14,19-23,29H,6-13,15H2,1-3H3/t19-,20+,21-,22-,23?,24+,25-/m0/s1. The number of rotatable bonds is 3. The second-order valence-corrected chi connectivity index (χ2v) is 11.3. The van der Waals surface area contributed by atoms with Crippen LogP contribution in [0.3, 0.4) is 0 Å². The molecule has 0 aliphatic heterocycles. The SMILES string of the molecule is CC(=O)[C@H]1CC[C@H]2[C@@H]3CCC4=CC(=O)CC(OC5(O)CC=CC5)[C@]4(C)[C@H]3CC[C@]12C. The van der Waals surface area contributed by atoms with Crippen LogP contribution in [0.1, 0.15) is 78.6 Å². The van der Waals surface area contributed by atoms with Crippen LogP contribution in [0.25, 0.3) is 0 Å².